The van der Waals surface area contributed by atoms with E-state index in [2.05, 4.69) is 15.9 Å². The fraction of sp³-hybridized carbons (Fsp3) is 0.364. The van der Waals surface area contributed by atoms with Gasteiger partial charge in [0.1, 0.15) is 5.82 Å². The van der Waals surface area contributed by atoms with Crippen LogP contribution in [0.4, 0.5) is 22.4 Å². The number of halogens is 5. The first-order chi connectivity index (χ1) is 14.9. The lowest BCUT2D eigenvalue weighted by Gasteiger charge is -2.42. The minimum atomic E-state index is -4.61. The highest BCUT2D eigenvalue weighted by atomic mass is 79.9. The molecular formula is C22H21BrF4N2O3. The molecule has 2 atom stereocenters. The van der Waals surface area contributed by atoms with Gasteiger partial charge in [0, 0.05) is 42.1 Å². The number of alkyl halides is 3. The molecule has 2 aromatic carbocycles. The Bertz CT molecular complexity index is 1040. The maximum absolute atomic E-state index is 13.8. The van der Waals surface area contributed by atoms with Gasteiger partial charge in [-0.2, -0.15) is 13.2 Å². The first-order valence-corrected chi connectivity index (χ1v) is 10.6. The van der Waals surface area contributed by atoms with Gasteiger partial charge in [0.05, 0.1) is 5.56 Å². The number of hydrogen-bond donors (Lipinski definition) is 1. The van der Waals surface area contributed by atoms with Crippen molar-refractivity contribution in [2.24, 2.45) is 0 Å². The van der Waals surface area contributed by atoms with E-state index in [-0.39, 0.29) is 29.5 Å². The third-order valence-electron chi connectivity index (χ3n) is 5.75. The number of carbonyl (C=O) groups excluding carboxylic acids is 1. The van der Waals surface area contributed by atoms with Crippen LogP contribution >= 0.6 is 15.9 Å². The predicted molar refractivity (Wildman–Crippen MR) is 113 cm³/mol. The summed E-state index contributed by atoms with van der Waals surface area (Å²) in [4.78, 5) is 27.2. The largest absolute Gasteiger partial charge is 0.465 e. The Morgan fingerprint density at radius 3 is 2.47 bits per heavy atom. The van der Waals surface area contributed by atoms with Crippen molar-refractivity contribution in [2.75, 3.05) is 20.1 Å². The molecule has 10 heteroatoms. The van der Waals surface area contributed by atoms with Gasteiger partial charge in [-0.3, -0.25) is 4.79 Å². The summed E-state index contributed by atoms with van der Waals surface area (Å²) in [6.07, 6.45) is -5.43. The number of carbonyl (C=O) groups is 2. The Hall–Kier alpha value is -2.62. The van der Waals surface area contributed by atoms with Crippen LogP contribution in [0.1, 0.15) is 39.4 Å². The van der Waals surface area contributed by atoms with E-state index in [9.17, 15) is 32.3 Å². The normalized spacial score (nSPS) is 19.0. The van der Waals surface area contributed by atoms with Crippen LogP contribution in [0.25, 0.3) is 0 Å². The van der Waals surface area contributed by atoms with Crippen molar-refractivity contribution in [1.82, 2.24) is 9.80 Å². The Balaban J connectivity index is 1.96. The summed E-state index contributed by atoms with van der Waals surface area (Å²) in [5, 5.41) is 9.42. The van der Waals surface area contributed by atoms with E-state index >= 15 is 0 Å². The van der Waals surface area contributed by atoms with Gasteiger partial charge in [-0.15, -0.1) is 0 Å². The highest BCUT2D eigenvalue weighted by Gasteiger charge is 2.38. The maximum Gasteiger partial charge on any atom is 0.416 e. The van der Waals surface area contributed by atoms with Gasteiger partial charge >= 0.3 is 12.3 Å². The lowest BCUT2D eigenvalue weighted by atomic mass is 9.84. The Labute approximate surface area is 190 Å². The molecule has 3 rings (SSSR count). The van der Waals surface area contributed by atoms with Gasteiger partial charge in [-0.05, 0) is 48.7 Å². The first-order valence-electron chi connectivity index (χ1n) is 9.77. The fourth-order valence-electron chi connectivity index (χ4n) is 4.03. The van der Waals surface area contributed by atoms with Crippen LogP contribution in [-0.2, 0) is 6.18 Å². The zero-order chi connectivity index (χ0) is 23.8. The number of aryl methyl sites for hydroxylation is 1. The molecule has 1 aliphatic heterocycles. The number of hydrogen-bond acceptors (Lipinski definition) is 2. The number of amides is 2. The van der Waals surface area contributed by atoms with Crippen molar-refractivity contribution in [3.8, 4) is 0 Å². The Morgan fingerprint density at radius 2 is 1.88 bits per heavy atom. The van der Waals surface area contributed by atoms with Crippen LogP contribution in [0.3, 0.4) is 0 Å². The smallest absolute Gasteiger partial charge is 0.416 e. The monoisotopic (exact) mass is 516 g/mol. The number of likely N-dealkylation sites (N-methyl/N-ethyl adjacent to an activating group) is 1. The summed E-state index contributed by atoms with van der Waals surface area (Å²) in [5.74, 6) is -1.49. The maximum atomic E-state index is 13.8. The minimum Gasteiger partial charge on any atom is -0.465 e. The van der Waals surface area contributed by atoms with Gasteiger partial charge < -0.3 is 14.9 Å². The molecule has 5 nitrogen and oxygen atoms in total. The molecule has 2 aromatic rings. The third-order valence-corrected chi connectivity index (χ3v) is 6.20. The van der Waals surface area contributed by atoms with Crippen LogP contribution in [0, 0.1) is 12.7 Å². The van der Waals surface area contributed by atoms with Crippen LogP contribution < -0.4 is 0 Å². The first kappa shape index (κ1) is 24.0. The van der Waals surface area contributed by atoms with Crippen molar-refractivity contribution in [3.63, 3.8) is 0 Å². The molecular weight excluding hydrogens is 496 g/mol. The van der Waals surface area contributed by atoms with Crippen LogP contribution in [0.2, 0.25) is 0 Å². The molecule has 0 aliphatic carbocycles. The standard InChI is InChI=1S/C22H21BrF4N2O3/c1-12-7-13(3-4-18(12)24)17-11-29(21(31)32)6-5-19(17)28(2)20(30)14-8-15(22(25,26)27)10-16(23)9-14/h3-4,7-10,17,19H,5-6,11H2,1-2H3,(H,31,32)/t17-,19+/m0/s1. The molecule has 0 spiro atoms. The molecule has 1 heterocycles. The van der Waals surface area contributed by atoms with Crippen LogP contribution in [0.15, 0.2) is 40.9 Å². The lowest BCUT2D eigenvalue weighted by molar-refractivity contribution is -0.137. The summed E-state index contributed by atoms with van der Waals surface area (Å²) >= 11 is 3.03. The molecule has 1 N–H and O–H groups in total. The van der Waals surface area contributed by atoms with Crippen LogP contribution in [-0.4, -0.2) is 53.1 Å². The molecule has 1 saturated heterocycles. The predicted octanol–water partition coefficient (Wildman–Crippen LogP) is 5.52. The Morgan fingerprint density at radius 1 is 1.19 bits per heavy atom. The Kier molecular flexibility index (Phi) is 6.83. The van der Waals surface area contributed by atoms with E-state index in [1.165, 1.54) is 29.0 Å². The van der Waals surface area contributed by atoms with E-state index in [1.807, 2.05) is 0 Å². The number of benzene rings is 2. The number of likely N-dealkylation sites (tertiary alicyclic amines) is 1. The van der Waals surface area contributed by atoms with Gasteiger partial charge in [0.15, 0.2) is 0 Å². The summed E-state index contributed by atoms with van der Waals surface area (Å²) in [7, 11) is 1.49. The molecule has 32 heavy (non-hydrogen) atoms. The minimum absolute atomic E-state index is 0.0784. The summed E-state index contributed by atoms with van der Waals surface area (Å²) in [6, 6.07) is 6.96. The molecule has 0 aromatic heterocycles. The van der Waals surface area contributed by atoms with Crippen LogP contribution in [0.5, 0.6) is 0 Å². The quantitative estimate of drug-likeness (QED) is 0.546. The molecule has 172 valence electrons. The summed E-state index contributed by atoms with van der Waals surface area (Å²) in [5.41, 5.74) is -0.0480. The summed E-state index contributed by atoms with van der Waals surface area (Å²) in [6.45, 7) is 1.83. The molecule has 0 saturated carbocycles. The second kappa shape index (κ2) is 9.09. The second-order valence-corrected chi connectivity index (χ2v) is 8.76. The molecule has 0 bridgehead atoms. The van der Waals surface area contributed by atoms with E-state index in [0.717, 1.165) is 12.1 Å². The summed E-state index contributed by atoms with van der Waals surface area (Å²) < 4.78 is 53.5. The van der Waals surface area contributed by atoms with E-state index < -0.39 is 41.5 Å². The van der Waals surface area contributed by atoms with E-state index in [4.69, 9.17) is 0 Å². The molecule has 0 radical (unpaired) electrons. The highest BCUT2D eigenvalue weighted by Crippen LogP contribution is 2.35. The van der Waals surface area contributed by atoms with E-state index in [0.29, 0.717) is 11.1 Å². The van der Waals surface area contributed by atoms with Gasteiger partial charge in [-0.1, -0.05) is 28.1 Å². The third kappa shape index (κ3) is 5.06. The van der Waals surface area contributed by atoms with Gasteiger partial charge in [-0.25, -0.2) is 9.18 Å². The number of rotatable bonds is 3. The molecule has 0 unspecified atom stereocenters. The van der Waals surface area contributed by atoms with Crippen molar-refractivity contribution < 1.29 is 32.3 Å². The van der Waals surface area contributed by atoms with E-state index in [1.54, 1.807) is 19.1 Å². The van der Waals surface area contributed by atoms with Crippen molar-refractivity contribution in [1.29, 1.82) is 0 Å². The highest BCUT2D eigenvalue weighted by molar-refractivity contribution is 9.10. The fourth-order valence-corrected chi connectivity index (χ4v) is 4.53. The van der Waals surface area contributed by atoms with Crippen molar-refractivity contribution in [2.45, 2.75) is 31.5 Å². The molecule has 1 aliphatic rings. The lowest BCUT2D eigenvalue weighted by Crippen LogP contribution is -2.51. The van der Waals surface area contributed by atoms with Gasteiger partial charge in [0.25, 0.3) is 5.91 Å². The SMILES string of the molecule is Cc1cc([C@@H]2CN(C(=O)O)CC[C@H]2N(C)C(=O)c2cc(Br)cc(C(F)(F)F)c2)ccc1F. The topological polar surface area (TPSA) is 60.9 Å². The second-order valence-electron chi connectivity index (χ2n) is 7.84. The number of nitrogens with zero attached hydrogens (tertiary/aromatic N) is 2. The zero-order valence-electron chi connectivity index (χ0n) is 17.3. The average Bonchev–Trinajstić information content (AvgIpc) is 2.73. The number of carboxylic acid groups (broad SMARTS) is 1. The van der Waals surface area contributed by atoms with Gasteiger partial charge in [0.2, 0.25) is 0 Å². The zero-order valence-corrected chi connectivity index (χ0v) is 18.9. The molecule has 2 amide bonds. The molecule has 1 fully saturated rings. The van der Waals surface area contributed by atoms with Crippen molar-refractivity contribution >= 4 is 27.9 Å². The van der Waals surface area contributed by atoms with Crippen molar-refractivity contribution in [3.05, 3.63) is 68.9 Å². The number of piperidine rings is 1. The average molecular weight is 517 g/mol.